The van der Waals surface area contributed by atoms with Crippen LogP contribution in [0.2, 0.25) is 0 Å². The number of aromatic carboxylic acids is 1. The van der Waals surface area contributed by atoms with Gasteiger partial charge in [0.25, 0.3) is 0 Å². The lowest BCUT2D eigenvalue weighted by Gasteiger charge is -2.01. The van der Waals surface area contributed by atoms with Crippen molar-refractivity contribution in [2.45, 2.75) is 19.9 Å². The lowest BCUT2D eigenvalue weighted by atomic mass is 10.1. The summed E-state index contributed by atoms with van der Waals surface area (Å²) in [5, 5.41) is 16.1. The lowest BCUT2D eigenvalue weighted by molar-refractivity contribution is -0.126. The lowest BCUT2D eigenvalue weighted by Crippen LogP contribution is -2.23. The summed E-state index contributed by atoms with van der Waals surface area (Å²) in [6.45, 7) is 2.53. The molecule has 0 bridgehead atoms. The van der Waals surface area contributed by atoms with E-state index in [1.807, 2.05) is 0 Å². The van der Waals surface area contributed by atoms with E-state index in [1.165, 1.54) is 38.1 Å². The molecule has 1 aromatic carbocycles. The van der Waals surface area contributed by atoms with Crippen molar-refractivity contribution in [3.63, 3.8) is 0 Å². The fourth-order valence-corrected chi connectivity index (χ4v) is 1.24. The molecule has 0 fully saturated rings. The van der Waals surface area contributed by atoms with Crippen molar-refractivity contribution in [3.05, 3.63) is 29.8 Å². The first kappa shape index (κ1) is 13.7. The average molecular weight is 248 g/mol. The van der Waals surface area contributed by atoms with Gasteiger partial charge in [0.15, 0.2) is 17.6 Å². The number of hydrogen-bond acceptors (Lipinski definition) is 5. The molecule has 0 radical (unpaired) electrons. The van der Waals surface area contributed by atoms with E-state index in [0.29, 0.717) is 5.69 Å². The zero-order valence-electron chi connectivity index (χ0n) is 9.95. The Hall–Kier alpha value is -2.37. The van der Waals surface area contributed by atoms with E-state index in [-0.39, 0.29) is 17.1 Å². The Balaban J connectivity index is 2.86. The van der Waals surface area contributed by atoms with Crippen LogP contribution in [0.3, 0.4) is 0 Å². The van der Waals surface area contributed by atoms with Gasteiger partial charge in [0, 0.05) is 0 Å². The smallest absolute Gasteiger partial charge is 0.335 e. The summed E-state index contributed by atoms with van der Waals surface area (Å²) in [5.41, 5.74) is 0.510. The van der Waals surface area contributed by atoms with Crippen molar-refractivity contribution in [2.24, 2.45) is 10.2 Å². The number of rotatable bonds is 5. The van der Waals surface area contributed by atoms with Gasteiger partial charge in [0.05, 0.1) is 11.3 Å². The van der Waals surface area contributed by atoms with E-state index in [2.05, 4.69) is 10.2 Å². The van der Waals surface area contributed by atoms with Gasteiger partial charge in [0.1, 0.15) is 0 Å². The quantitative estimate of drug-likeness (QED) is 0.636. The number of hydrogen-bond donors (Lipinski definition) is 1. The van der Waals surface area contributed by atoms with Gasteiger partial charge in [-0.2, -0.15) is 10.2 Å². The summed E-state index contributed by atoms with van der Waals surface area (Å²) >= 11 is 0. The number of ketones is 2. The number of carboxylic acid groups (broad SMARTS) is 1. The first-order chi connectivity index (χ1) is 8.41. The first-order valence-electron chi connectivity index (χ1n) is 5.17. The minimum atomic E-state index is -1.09. The van der Waals surface area contributed by atoms with E-state index in [0.717, 1.165) is 0 Å². The van der Waals surface area contributed by atoms with Gasteiger partial charge < -0.3 is 5.11 Å². The van der Waals surface area contributed by atoms with Gasteiger partial charge in [-0.05, 0) is 38.1 Å². The minimum absolute atomic E-state index is 0.128. The summed E-state index contributed by atoms with van der Waals surface area (Å²) in [7, 11) is 0. The Morgan fingerprint density at radius 1 is 1.06 bits per heavy atom. The maximum atomic E-state index is 11.1. The molecule has 94 valence electrons. The Labute approximate surface area is 103 Å². The molecule has 0 aromatic heterocycles. The van der Waals surface area contributed by atoms with Gasteiger partial charge in [0.2, 0.25) is 0 Å². The molecule has 0 saturated heterocycles. The van der Waals surface area contributed by atoms with Crippen molar-refractivity contribution in [1.29, 1.82) is 0 Å². The van der Waals surface area contributed by atoms with Crippen LogP contribution in [0.25, 0.3) is 0 Å². The van der Waals surface area contributed by atoms with Crippen LogP contribution in [0, 0.1) is 0 Å². The zero-order chi connectivity index (χ0) is 13.7. The van der Waals surface area contributed by atoms with Gasteiger partial charge in [-0.3, -0.25) is 9.59 Å². The van der Waals surface area contributed by atoms with Gasteiger partial charge in [-0.15, -0.1) is 0 Å². The fourth-order valence-electron chi connectivity index (χ4n) is 1.24. The first-order valence-corrected chi connectivity index (χ1v) is 5.17. The van der Waals surface area contributed by atoms with Crippen molar-refractivity contribution in [3.8, 4) is 0 Å². The van der Waals surface area contributed by atoms with Gasteiger partial charge in [-0.1, -0.05) is 0 Å². The van der Waals surface area contributed by atoms with E-state index in [1.54, 1.807) is 0 Å². The molecule has 0 saturated carbocycles. The number of carbonyl (C=O) groups excluding carboxylic acids is 2. The minimum Gasteiger partial charge on any atom is -0.478 e. The zero-order valence-corrected chi connectivity index (χ0v) is 9.95. The molecule has 0 aliphatic rings. The third-order valence-electron chi connectivity index (χ3n) is 2.17. The number of Topliss-reactive ketones (excluding diaryl/α,β-unsaturated/α-hetero) is 2. The molecule has 1 N–H and O–H groups in total. The van der Waals surface area contributed by atoms with Crippen molar-refractivity contribution in [2.75, 3.05) is 0 Å². The number of nitrogens with zero attached hydrogens (tertiary/aromatic N) is 2. The molecule has 1 aromatic rings. The second-order valence-corrected chi connectivity index (χ2v) is 3.69. The summed E-state index contributed by atoms with van der Waals surface area (Å²) in [5.74, 6) is -1.80. The second kappa shape index (κ2) is 5.81. The van der Waals surface area contributed by atoms with E-state index >= 15 is 0 Å². The standard InChI is InChI=1S/C12H12N2O4/c1-7(15)11(8(2)16)14-13-10-5-3-9(4-6-10)12(17)18/h3-6,11H,1-2H3,(H,17,18). The van der Waals surface area contributed by atoms with E-state index < -0.39 is 12.0 Å². The summed E-state index contributed by atoms with van der Waals surface area (Å²) < 4.78 is 0. The molecule has 18 heavy (non-hydrogen) atoms. The predicted octanol–water partition coefficient (Wildman–Crippen LogP) is 2.02. The molecule has 6 heteroatoms. The maximum Gasteiger partial charge on any atom is 0.335 e. The third-order valence-corrected chi connectivity index (χ3v) is 2.17. The van der Waals surface area contributed by atoms with Gasteiger partial charge in [-0.25, -0.2) is 4.79 Å². The molecule has 1 rings (SSSR count). The number of azo groups is 1. The molecule has 0 atom stereocenters. The van der Waals surface area contributed by atoms with E-state index in [9.17, 15) is 14.4 Å². The fraction of sp³-hybridized carbons (Fsp3) is 0.250. The molecule has 0 aliphatic carbocycles. The molecule has 0 aliphatic heterocycles. The van der Waals surface area contributed by atoms with Crippen LogP contribution in [0.5, 0.6) is 0 Å². The van der Waals surface area contributed by atoms with Crippen LogP contribution >= 0.6 is 0 Å². The molecule has 6 nitrogen and oxygen atoms in total. The highest BCUT2D eigenvalue weighted by atomic mass is 16.4. The molecule has 0 amide bonds. The molecule has 0 spiro atoms. The Kier molecular flexibility index (Phi) is 4.42. The van der Waals surface area contributed by atoms with Crippen LogP contribution in [0.15, 0.2) is 34.5 Å². The van der Waals surface area contributed by atoms with Crippen LogP contribution < -0.4 is 0 Å². The highest BCUT2D eigenvalue weighted by Gasteiger charge is 2.18. The largest absolute Gasteiger partial charge is 0.478 e. The summed E-state index contributed by atoms with van der Waals surface area (Å²) in [6, 6.07) is 4.54. The van der Waals surface area contributed by atoms with Crippen LogP contribution in [-0.4, -0.2) is 28.7 Å². The molecular weight excluding hydrogens is 236 g/mol. The van der Waals surface area contributed by atoms with Crippen LogP contribution in [0.1, 0.15) is 24.2 Å². The summed E-state index contributed by atoms with van der Waals surface area (Å²) in [6.07, 6.45) is 0. The Morgan fingerprint density at radius 2 is 1.56 bits per heavy atom. The predicted molar refractivity (Wildman–Crippen MR) is 63.1 cm³/mol. The topological polar surface area (TPSA) is 96.2 Å². The SMILES string of the molecule is CC(=O)C(N=Nc1ccc(C(=O)O)cc1)C(C)=O. The van der Waals surface area contributed by atoms with Crippen molar-refractivity contribution < 1.29 is 19.5 Å². The Morgan fingerprint density at radius 3 is 1.94 bits per heavy atom. The number of benzene rings is 1. The molecular formula is C12H12N2O4. The highest BCUT2D eigenvalue weighted by Crippen LogP contribution is 2.14. The summed E-state index contributed by atoms with van der Waals surface area (Å²) in [4.78, 5) is 32.8. The average Bonchev–Trinajstić information content (AvgIpc) is 2.28. The normalized spacial score (nSPS) is 10.8. The van der Waals surface area contributed by atoms with Crippen LogP contribution in [0.4, 0.5) is 5.69 Å². The number of carbonyl (C=O) groups is 3. The van der Waals surface area contributed by atoms with Crippen molar-refractivity contribution in [1.82, 2.24) is 0 Å². The maximum absolute atomic E-state index is 11.1. The van der Waals surface area contributed by atoms with E-state index in [4.69, 9.17) is 5.11 Å². The van der Waals surface area contributed by atoms with Crippen molar-refractivity contribution >= 4 is 23.2 Å². The van der Waals surface area contributed by atoms with Crippen LogP contribution in [-0.2, 0) is 9.59 Å². The molecule has 0 heterocycles. The second-order valence-electron chi connectivity index (χ2n) is 3.69. The monoisotopic (exact) mass is 248 g/mol. The molecule has 0 unspecified atom stereocenters. The highest BCUT2D eigenvalue weighted by molar-refractivity contribution is 6.04. The Bertz CT molecular complexity index is 491. The third kappa shape index (κ3) is 3.58. The van der Waals surface area contributed by atoms with Gasteiger partial charge >= 0.3 is 5.97 Å². The number of carboxylic acids is 1.